The summed E-state index contributed by atoms with van der Waals surface area (Å²) in [7, 11) is -3.70. The number of urea groups is 1. The van der Waals surface area contributed by atoms with Crippen molar-refractivity contribution >= 4 is 21.6 Å². The minimum Gasteiger partial charge on any atom is -0.384 e. The first-order chi connectivity index (χ1) is 16.9. The van der Waals surface area contributed by atoms with Gasteiger partial charge in [0.15, 0.2) is 14.9 Å². The minimum atomic E-state index is -3.70. The van der Waals surface area contributed by atoms with Crippen molar-refractivity contribution in [2.45, 2.75) is 75.8 Å². The van der Waals surface area contributed by atoms with Gasteiger partial charge in [0.25, 0.3) is 0 Å². The average Bonchev–Trinajstić information content (AvgIpc) is 3.51. The molecule has 3 aromatic rings. The molecule has 0 unspecified atom stereocenters. The summed E-state index contributed by atoms with van der Waals surface area (Å²) in [5.74, 6) is 0. The molecule has 1 atom stereocenters. The second-order valence-electron chi connectivity index (χ2n) is 10.7. The monoisotopic (exact) mass is 508 g/mol. The predicted molar refractivity (Wildman–Crippen MR) is 138 cm³/mol. The highest BCUT2D eigenvalue weighted by Crippen LogP contribution is 2.44. The van der Waals surface area contributed by atoms with Crippen LogP contribution in [0.3, 0.4) is 0 Å². The topological polar surface area (TPSA) is 135 Å². The number of aryl methyl sites for hydroxylation is 1. The first-order valence-electron chi connectivity index (χ1n) is 12.2. The fourth-order valence-corrected chi connectivity index (χ4v) is 6.00. The lowest BCUT2D eigenvalue weighted by molar-refractivity contribution is 0.0711. The molecule has 190 valence electrons. The third kappa shape index (κ3) is 4.33. The maximum Gasteiger partial charge on any atom is 0.354 e. The molecule has 0 fully saturated rings. The van der Waals surface area contributed by atoms with Crippen molar-refractivity contribution in [1.29, 1.82) is 0 Å². The summed E-state index contributed by atoms with van der Waals surface area (Å²) in [5, 5.41) is 24.0. The number of carbonyl (C=O) groups is 1. The number of pyridine rings is 1. The zero-order chi connectivity index (χ0) is 25.9. The molecule has 2 aromatic heterocycles. The van der Waals surface area contributed by atoms with Gasteiger partial charge in [0.05, 0.1) is 22.8 Å². The molecule has 1 aromatic carbocycles. The summed E-state index contributed by atoms with van der Waals surface area (Å²) in [4.78, 5) is 18.0. The number of benzene rings is 1. The minimum absolute atomic E-state index is 0.0667. The summed E-state index contributed by atoms with van der Waals surface area (Å²) in [5.41, 5.74) is 4.52. The van der Waals surface area contributed by atoms with Crippen LogP contribution in [0.2, 0.25) is 0 Å². The summed E-state index contributed by atoms with van der Waals surface area (Å²) in [6.07, 6.45) is 4.45. The predicted octanol–water partition coefficient (Wildman–Crippen LogP) is 4.14. The van der Waals surface area contributed by atoms with Crippen LogP contribution in [-0.2, 0) is 40.2 Å². The highest BCUT2D eigenvalue weighted by Gasteiger charge is 2.36. The van der Waals surface area contributed by atoms with Gasteiger partial charge in [0, 0.05) is 17.2 Å². The van der Waals surface area contributed by atoms with E-state index in [-0.39, 0.29) is 10.4 Å². The van der Waals surface area contributed by atoms with Crippen LogP contribution in [0.1, 0.15) is 68.7 Å². The van der Waals surface area contributed by atoms with Crippen molar-refractivity contribution in [3.05, 3.63) is 64.6 Å². The van der Waals surface area contributed by atoms with Gasteiger partial charge in [-0.05, 0) is 69.2 Å². The molecule has 0 saturated carbocycles. The zero-order valence-corrected chi connectivity index (χ0v) is 21.9. The molecule has 0 spiro atoms. The number of aliphatic hydroxyl groups is 1. The van der Waals surface area contributed by atoms with Gasteiger partial charge in [-0.2, -0.15) is 5.10 Å². The number of nitrogens with zero attached hydrogens (tertiary/aromatic N) is 4. The van der Waals surface area contributed by atoms with Crippen LogP contribution in [0.4, 0.5) is 10.5 Å². The van der Waals surface area contributed by atoms with Crippen LogP contribution in [-0.4, -0.2) is 30.1 Å². The molecule has 2 aliphatic rings. The molecular weight excluding hydrogens is 476 g/mol. The number of hydrogen-bond acceptors (Lipinski definition) is 5. The van der Waals surface area contributed by atoms with E-state index in [4.69, 9.17) is 10.1 Å². The maximum absolute atomic E-state index is 13.5. The van der Waals surface area contributed by atoms with E-state index in [0.717, 1.165) is 60.3 Å². The number of anilines is 1. The van der Waals surface area contributed by atoms with Gasteiger partial charge in [-0.3, -0.25) is 4.98 Å². The lowest BCUT2D eigenvalue weighted by atomic mass is 9.90. The van der Waals surface area contributed by atoms with E-state index in [1.54, 1.807) is 26.0 Å². The lowest BCUT2D eigenvalue weighted by Gasteiger charge is -2.20. The Balaban J connectivity index is 1.53. The summed E-state index contributed by atoms with van der Waals surface area (Å²) in [6, 6.07) is 9.78. The van der Waals surface area contributed by atoms with Crippen LogP contribution in [0.25, 0.3) is 5.69 Å². The van der Waals surface area contributed by atoms with Crippen LogP contribution in [0.15, 0.2) is 45.8 Å². The van der Waals surface area contributed by atoms with Gasteiger partial charge in [0.1, 0.15) is 5.60 Å². The van der Waals surface area contributed by atoms with Crippen LogP contribution >= 0.6 is 0 Å². The van der Waals surface area contributed by atoms with E-state index in [9.17, 15) is 14.1 Å². The number of nitrogens with two attached hydrogens (primary N) is 1. The molecule has 9 nitrogen and oxygen atoms in total. The van der Waals surface area contributed by atoms with E-state index < -0.39 is 21.5 Å². The molecule has 0 aliphatic heterocycles. The SMILES string of the molecule is CC(C)(O)c1cc([S@](N)(=O)=NC(=O)Nc2c3c(nc4c2CCC4(C)C)CCC3)nn1-c1ccccc1. The summed E-state index contributed by atoms with van der Waals surface area (Å²) < 4.78 is 18.8. The van der Waals surface area contributed by atoms with E-state index >= 15 is 0 Å². The molecule has 0 bridgehead atoms. The first kappa shape index (κ1) is 24.6. The molecule has 2 amide bonds. The summed E-state index contributed by atoms with van der Waals surface area (Å²) in [6.45, 7) is 7.53. The highest BCUT2D eigenvalue weighted by molar-refractivity contribution is 7.91. The highest BCUT2D eigenvalue weighted by atomic mass is 32.2. The van der Waals surface area contributed by atoms with Gasteiger partial charge < -0.3 is 10.4 Å². The Morgan fingerprint density at radius 2 is 1.92 bits per heavy atom. The van der Waals surface area contributed by atoms with Crippen molar-refractivity contribution in [1.82, 2.24) is 14.8 Å². The largest absolute Gasteiger partial charge is 0.384 e. The maximum atomic E-state index is 13.5. The van der Waals surface area contributed by atoms with Crippen LogP contribution < -0.4 is 10.5 Å². The number of para-hydroxylation sites is 1. The second kappa shape index (κ2) is 8.50. The number of rotatable bonds is 4. The Bertz CT molecular complexity index is 1480. The molecule has 5 rings (SSSR count). The van der Waals surface area contributed by atoms with E-state index in [0.29, 0.717) is 11.4 Å². The Kier molecular flexibility index (Phi) is 5.81. The summed E-state index contributed by atoms with van der Waals surface area (Å²) >= 11 is 0. The van der Waals surface area contributed by atoms with Crippen molar-refractivity contribution in [2.24, 2.45) is 9.50 Å². The first-order valence-corrected chi connectivity index (χ1v) is 13.7. The van der Waals surface area contributed by atoms with E-state index in [2.05, 4.69) is 28.6 Å². The fourth-order valence-electron chi connectivity index (χ4n) is 5.14. The number of carbonyl (C=O) groups excluding carboxylic acids is 1. The third-order valence-corrected chi connectivity index (χ3v) is 8.27. The molecular formula is C26H32N6O3S. The number of aromatic nitrogens is 3. The van der Waals surface area contributed by atoms with Crippen LogP contribution in [0.5, 0.6) is 0 Å². The van der Waals surface area contributed by atoms with Crippen molar-refractivity contribution in [3.8, 4) is 5.69 Å². The third-order valence-electron chi connectivity index (χ3n) is 7.03. The smallest absolute Gasteiger partial charge is 0.354 e. The molecule has 0 saturated heterocycles. The zero-order valence-electron chi connectivity index (χ0n) is 21.0. The molecule has 0 radical (unpaired) electrons. The van der Waals surface area contributed by atoms with Crippen molar-refractivity contribution in [3.63, 3.8) is 0 Å². The Hall–Kier alpha value is -3.08. The molecule has 2 heterocycles. The molecule has 2 aliphatic carbocycles. The Labute approximate surface area is 211 Å². The molecule has 4 N–H and O–H groups in total. The Morgan fingerprint density at radius 3 is 2.61 bits per heavy atom. The van der Waals surface area contributed by atoms with Crippen LogP contribution in [0, 0.1) is 0 Å². The second-order valence-corrected chi connectivity index (χ2v) is 12.5. The fraction of sp³-hybridized carbons (Fsp3) is 0.423. The number of amides is 2. The molecule has 10 heteroatoms. The average molecular weight is 509 g/mol. The van der Waals surface area contributed by atoms with E-state index in [1.807, 2.05) is 18.2 Å². The number of nitrogens with one attached hydrogen (secondary N) is 1. The Morgan fingerprint density at radius 1 is 1.19 bits per heavy atom. The van der Waals surface area contributed by atoms with E-state index in [1.165, 1.54) is 10.7 Å². The lowest BCUT2D eigenvalue weighted by Crippen LogP contribution is -2.20. The quantitative estimate of drug-likeness (QED) is 0.487. The van der Waals surface area contributed by atoms with Crippen molar-refractivity contribution in [2.75, 3.05) is 5.32 Å². The van der Waals surface area contributed by atoms with Gasteiger partial charge in [-0.1, -0.05) is 32.0 Å². The van der Waals surface area contributed by atoms with Gasteiger partial charge in [-0.25, -0.2) is 18.8 Å². The molecule has 36 heavy (non-hydrogen) atoms. The standard InChI is InChI=1S/C26H32N6O3S/c1-25(2)14-13-18-22(17-11-8-12-19(17)28-23(18)25)29-24(33)31-36(27,35)21-15-20(26(3,4)34)32(30-21)16-9-6-5-7-10-16/h5-7,9-10,15,34H,8,11-14H2,1-4H3,(H3,27,28,29,31,33,35)/t36-/m1/s1. The number of hydrogen-bond donors (Lipinski definition) is 3. The van der Waals surface area contributed by atoms with Gasteiger partial charge in [-0.15, -0.1) is 4.36 Å². The van der Waals surface area contributed by atoms with Gasteiger partial charge in [0.2, 0.25) is 0 Å². The normalized spacial score (nSPS) is 17.8. The van der Waals surface area contributed by atoms with Gasteiger partial charge >= 0.3 is 6.03 Å². The number of fused-ring (bicyclic) bond motifs is 2. The van der Waals surface area contributed by atoms with Crippen molar-refractivity contribution < 1.29 is 14.1 Å².